The van der Waals surface area contributed by atoms with Crippen LogP contribution in [-0.2, 0) is 6.54 Å². The van der Waals surface area contributed by atoms with E-state index < -0.39 is 17.7 Å². The van der Waals surface area contributed by atoms with Crippen molar-refractivity contribution in [1.29, 1.82) is 0 Å². The first kappa shape index (κ1) is 15.5. The summed E-state index contributed by atoms with van der Waals surface area (Å²) in [5.74, 6) is -2.32. The van der Waals surface area contributed by atoms with Crippen molar-refractivity contribution >= 4 is 0 Å². The number of halogens is 3. The van der Waals surface area contributed by atoms with Crippen LogP contribution in [0.25, 0.3) is 0 Å². The molecule has 5 heteroatoms. The van der Waals surface area contributed by atoms with E-state index in [-0.39, 0.29) is 17.9 Å². The van der Waals surface area contributed by atoms with E-state index in [9.17, 15) is 18.3 Å². The number of benzene rings is 2. The highest BCUT2D eigenvalue weighted by Crippen LogP contribution is 2.20. The summed E-state index contributed by atoms with van der Waals surface area (Å²) in [4.78, 5) is 1.75. The van der Waals surface area contributed by atoms with E-state index in [0.29, 0.717) is 6.54 Å². The molecule has 0 heterocycles. The fourth-order valence-electron chi connectivity index (χ4n) is 2.14. The van der Waals surface area contributed by atoms with Gasteiger partial charge in [-0.25, -0.2) is 13.2 Å². The van der Waals surface area contributed by atoms with Crippen molar-refractivity contribution in [3.05, 3.63) is 71.0 Å². The van der Waals surface area contributed by atoms with Crippen LogP contribution < -0.4 is 0 Å². The molecule has 1 unspecified atom stereocenters. The molecule has 1 N–H and O–H groups in total. The molecule has 2 aromatic carbocycles. The highest BCUT2D eigenvalue weighted by molar-refractivity contribution is 5.22. The molecule has 2 nitrogen and oxygen atoms in total. The van der Waals surface area contributed by atoms with Crippen LogP contribution in [0.1, 0.15) is 17.2 Å². The number of hydrogen-bond donors (Lipinski definition) is 1. The number of likely N-dealkylation sites (N-methyl/N-ethyl adjacent to an activating group) is 1. The Balaban J connectivity index is 2.00. The molecule has 0 saturated heterocycles. The summed E-state index contributed by atoms with van der Waals surface area (Å²) in [5.41, 5.74) is 0.798. The zero-order valence-electron chi connectivity index (χ0n) is 11.6. The smallest absolute Gasteiger partial charge is 0.164 e. The molecule has 21 heavy (non-hydrogen) atoms. The number of nitrogens with zero attached hydrogens (tertiary/aromatic N) is 1. The highest BCUT2D eigenvalue weighted by atomic mass is 19.2. The van der Waals surface area contributed by atoms with Crippen LogP contribution in [0.15, 0.2) is 42.5 Å². The van der Waals surface area contributed by atoms with Gasteiger partial charge in [-0.3, -0.25) is 4.90 Å². The Labute approximate surface area is 121 Å². The number of hydrogen-bond acceptors (Lipinski definition) is 2. The summed E-state index contributed by atoms with van der Waals surface area (Å²) in [5, 5.41) is 10.0. The van der Waals surface area contributed by atoms with Crippen LogP contribution in [0.5, 0.6) is 0 Å². The maximum absolute atomic E-state index is 13.6. The first-order valence-corrected chi connectivity index (χ1v) is 6.52. The van der Waals surface area contributed by atoms with Gasteiger partial charge in [0.2, 0.25) is 0 Å². The largest absolute Gasteiger partial charge is 0.387 e. The molecule has 0 fully saturated rings. The number of aliphatic hydroxyl groups excluding tert-OH is 1. The minimum absolute atomic E-state index is 0.0686. The maximum Gasteiger partial charge on any atom is 0.164 e. The quantitative estimate of drug-likeness (QED) is 0.915. The zero-order valence-corrected chi connectivity index (χ0v) is 11.6. The van der Waals surface area contributed by atoms with Crippen LogP contribution in [0.4, 0.5) is 13.2 Å². The second-order valence-corrected chi connectivity index (χ2v) is 4.98. The van der Waals surface area contributed by atoms with Crippen molar-refractivity contribution in [2.24, 2.45) is 0 Å². The molecular formula is C16H16F3NO. The van der Waals surface area contributed by atoms with Crippen LogP contribution in [-0.4, -0.2) is 23.6 Å². The standard InChI is InChI=1S/C16H16F3NO/c1-20(9-11-5-7-12(17)8-6-11)10-15(21)13-3-2-4-14(18)16(13)19/h2-8,15,21H,9-10H2,1H3. The van der Waals surface area contributed by atoms with Gasteiger partial charge in [0.05, 0.1) is 6.10 Å². The second kappa shape index (κ2) is 6.74. The normalized spacial score (nSPS) is 12.7. The fraction of sp³-hybridized carbons (Fsp3) is 0.250. The van der Waals surface area contributed by atoms with Crippen molar-refractivity contribution in [1.82, 2.24) is 4.90 Å². The molecule has 0 saturated carbocycles. The lowest BCUT2D eigenvalue weighted by Crippen LogP contribution is -2.24. The van der Waals surface area contributed by atoms with Gasteiger partial charge in [0, 0.05) is 18.7 Å². The predicted octanol–water partition coefficient (Wildman–Crippen LogP) is 3.27. The van der Waals surface area contributed by atoms with Crippen molar-refractivity contribution in [3.8, 4) is 0 Å². The average Bonchev–Trinajstić information content (AvgIpc) is 2.44. The van der Waals surface area contributed by atoms with Gasteiger partial charge >= 0.3 is 0 Å². The average molecular weight is 295 g/mol. The molecule has 0 radical (unpaired) electrons. The monoisotopic (exact) mass is 295 g/mol. The van der Waals surface area contributed by atoms with Crippen molar-refractivity contribution in [2.75, 3.05) is 13.6 Å². The van der Waals surface area contributed by atoms with Gasteiger partial charge in [-0.1, -0.05) is 24.3 Å². The third-order valence-electron chi connectivity index (χ3n) is 3.19. The van der Waals surface area contributed by atoms with Gasteiger partial charge in [-0.2, -0.15) is 0 Å². The number of aliphatic hydroxyl groups is 1. The molecular weight excluding hydrogens is 279 g/mol. The topological polar surface area (TPSA) is 23.5 Å². The summed E-state index contributed by atoms with van der Waals surface area (Å²) >= 11 is 0. The van der Waals surface area contributed by atoms with Crippen LogP contribution in [0.2, 0.25) is 0 Å². The summed E-state index contributed by atoms with van der Waals surface area (Å²) < 4.78 is 39.5. The molecule has 112 valence electrons. The Morgan fingerprint density at radius 2 is 1.71 bits per heavy atom. The van der Waals surface area contributed by atoms with E-state index in [1.807, 2.05) is 0 Å². The third kappa shape index (κ3) is 4.06. The fourth-order valence-corrected chi connectivity index (χ4v) is 2.14. The Morgan fingerprint density at radius 3 is 2.38 bits per heavy atom. The lowest BCUT2D eigenvalue weighted by atomic mass is 10.1. The molecule has 0 amide bonds. The molecule has 0 aliphatic rings. The maximum atomic E-state index is 13.6. The summed E-state index contributed by atoms with van der Waals surface area (Å²) in [6.45, 7) is 0.603. The summed E-state index contributed by atoms with van der Waals surface area (Å²) in [7, 11) is 1.74. The first-order valence-electron chi connectivity index (χ1n) is 6.52. The summed E-state index contributed by atoms with van der Waals surface area (Å²) in [6, 6.07) is 9.71. The van der Waals surface area contributed by atoms with Gasteiger partial charge in [0.15, 0.2) is 11.6 Å². The van der Waals surface area contributed by atoms with Crippen molar-refractivity contribution in [3.63, 3.8) is 0 Å². The number of rotatable bonds is 5. The van der Waals surface area contributed by atoms with Gasteiger partial charge in [0.25, 0.3) is 0 Å². The Bertz CT molecular complexity index is 601. The molecule has 0 spiro atoms. The molecule has 0 bridgehead atoms. The first-order chi connectivity index (χ1) is 9.97. The Morgan fingerprint density at radius 1 is 1.05 bits per heavy atom. The van der Waals surface area contributed by atoms with Crippen LogP contribution in [0, 0.1) is 17.5 Å². The SMILES string of the molecule is CN(Cc1ccc(F)cc1)CC(O)c1cccc(F)c1F. The van der Waals surface area contributed by atoms with Gasteiger partial charge in [-0.05, 0) is 30.8 Å². The van der Waals surface area contributed by atoms with Crippen LogP contribution in [0.3, 0.4) is 0 Å². The third-order valence-corrected chi connectivity index (χ3v) is 3.19. The highest BCUT2D eigenvalue weighted by Gasteiger charge is 2.17. The van der Waals surface area contributed by atoms with E-state index >= 15 is 0 Å². The molecule has 2 rings (SSSR count). The second-order valence-electron chi connectivity index (χ2n) is 4.98. The van der Waals surface area contributed by atoms with Crippen LogP contribution >= 0.6 is 0 Å². The predicted molar refractivity (Wildman–Crippen MR) is 74.1 cm³/mol. The Hall–Kier alpha value is -1.85. The van der Waals surface area contributed by atoms with Gasteiger partial charge < -0.3 is 5.11 Å². The lowest BCUT2D eigenvalue weighted by Gasteiger charge is -2.21. The molecule has 2 aromatic rings. The minimum Gasteiger partial charge on any atom is -0.387 e. The van der Waals surface area contributed by atoms with E-state index in [1.165, 1.54) is 24.3 Å². The van der Waals surface area contributed by atoms with E-state index in [2.05, 4.69) is 0 Å². The molecule has 1 atom stereocenters. The van der Waals surface area contributed by atoms with Gasteiger partial charge in [0.1, 0.15) is 5.82 Å². The Kier molecular flexibility index (Phi) is 4.98. The minimum atomic E-state index is -1.13. The van der Waals surface area contributed by atoms with E-state index in [4.69, 9.17) is 0 Å². The molecule has 0 aromatic heterocycles. The summed E-state index contributed by atoms with van der Waals surface area (Å²) in [6.07, 6.45) is -1.13. The van der Waals surface area contributed by atoms with E-state index in [0.717, 1.165) is 11.6 Å². The lowest BCUT2D eigenvalue weighted by molar-refractivity contribution is 0.119. The molecule has 0 aliphatic heterocycles. The van der Waals surface area contributed by atoms with Crippen molar-refractivity contribution in [2.45, 2.75) is 12.6 Å². The molecule has 0 aliphatic carbocycles. The van der Waals surface area contributed by atoms with E-state index in [1.54, 1.807) is 24.1 Å². The zero-order chi connectivity index (χ0) is 15.4. The van der Waals surface area contributed by atoms with Crippen molar-refractivity contribution < 1.29 is 18.3 Å². The van der Waals surface area contributed by atoms with Gasteiger partial charge in [-0.15, -0.1) is 0 Å².